The summed E-state index contributed by atoms with van der Waals surface area (Å²) in [6.07, 6.45) is 1.20. The summed E-state index contributed by atoms with van der Waals surface area (Å²) < 4.78 is 49.4. The third kappa shape index (κ3) is 5.05. The smallest absolute Gasteiger partial charge is 0.228 e. The Balaban J connectivity index is 1.56. The van der Waals surface area contributed by atoms with Crippen LogP contribution in [-0.2, 0) is 19.4 Å². The maximum atomic E-state index is 13.4. The van der Waals surface area contributed by atoms with Crippen LogP contribution in [0.2, 0.25) is 0 Å². The minimum absolute atomic E-state index is 0.00522. The average Bonchev–Trinajstić information content (AvgIpc) is 3.00. The molecule has 2 aliphatic heterocycles. The fourth-order valence-corrected chi connectivity index (χ4v) is 4.15. The molecule has 2 saturated heterocycles. The molecule has 1 aromatic rings. The van der Waals surface area contributed by atoms with E-state index in [-0.39, 0.29) is 36.2 Å². The Kier molecular flexibility index (Phi) is 5.99. The molecule has 2 fully saturated rings. The van der Waals surface area contributed by atoms with Crippen LogP contribution >= 0.6 is 0 Å². The molecular formula is C18H23F2N3O4S. The van der Waals surface area contributed by atoms with E-state index in [1.54, 1.807) is 4.90 Å². The summed E-state index contributed by atoms with van der Waals surface area (Å²) in [4.78, 5) is 29.9. The second-order valence-corrected chi connectivity index (χ2v) is 9.59. The Morgan fingerprint density at radius 1 is 1.11 bits per heavy atom. The van der Waals surface area contributed by atoms with Crippen molar-refractivity contribution in [2.45, 2.75) is 6.42 Å². The quantitative estimate of drug-likeness (QED) is 0.700. The molecule has 0 radical (unpaired) electrons. The van der Waals surface area contributed by atoms with Gasteiger partial charge in [0, 0.05) is 63.7 Å². The lowest BCUT2D eigenvalue weighted by molar-refractivity contribution is -0.137. The number of hydrogen-bond acceptors (Lipinski definition) is 5. The monoisotopic (exact) mass is 415 g/mol. The molecule has 28 heavy (non-hydrogen) atoms. The normalized spacial score (nSPS) is 21.4. The van der Waals surface area contributed by atoms with Crippen LogP contribution in [0.1, 0.15) is 6.42 Å². The number of carbonyl (C=O) groups excluding carboxylic acids is 2. The predicted octanol–water partition coefficient (Wildman–Crippen LogP) is 0.507. The van der Waals surface area contributed by atoms with Gasteiger partial charge in [-0.3, -0.25) is 14.5 Å². The Bertz CT molecular complexity index is 849. The number of anilines is 1. The van der Waals surface area contributed by atoms with Gasteiger partial charge in [-0.1, -0.05) is 0 Å². The first-order valence-corrected chi connectivity index (χ1v) is 11.1. The number of carbonyl (C=O) groups is 2. The van der Waals surface area contributed by atoms with Crippen molar-refractivity contribution in [1.29, 1.82) is 0 Å². The molecule has 0 saturated carbocycles. The molecule has 2 amide bonds. The van der Waals surface area contributed by atoms with Gasteiger partial charge in [0.25, 0.3) is 0 Å². The van der Waals surface area contributed by atoms with Gasteiger partial charge in [-0.2, -0.15) is 0 Å². The Morgan fingerprint density at radius 2 is 1.71 bits per heavy atom. The zero-order valence-corrected chi connectivity index (χ0v) is 16.4. The third-order valence-corrected chi connectivity index (χ3v) is 6.02. The maximum Gasteiger partial charge on any atom is 0.228 e. The molecule has 1 atom stereocenters. The van der Waals surface area contributed by atoms with Crippen molar-refractivity contribution < 1.29 is 26.8 Å². The summed E-state index contributed by atoms with van der Waals surface area (Å²) in [6.45, 7) is 2.59. The Hall–Kier alpha value is -2.07. The molecule has 0 aliphatic carbocycles. The van der Waals surface area contributed by atoms with Crippen molar-refractivity contribution in [2.75, 3.05) is 56.2 Å². The minimum atomic E-state index is -3.03. The van der Waals surface area contributed by atoms with E-state index < -0.39 is 27.4 Å². The van der Waals surface area contributed by atoms with Crippen molar-refractivity contribution >= 4 is 27.3 Å². The second-order valence-electron chi connectivity index (χ2n) is 7.33. The van der Waals surface area contributed by atoms with E-state index in [9.17, 15) is 26.8 Å². The van der Waals surface area contributed by atoms with E-state index in [2.05, 4.69) is 0 Å². The van der Waals surface area contributed by atoms with Gasteiger partial charge in [-0.15, -0.1) is 0 Å². The van der Waals surface area contributed by atoms with Crippen molar-refractivity contribution in [3.05, 3.63) is 29.8 Å². The number of sulfone groups is 1. The van der Waals surface area contributed by atoms with Gasteiger partial charge in [0.05, 0.1) is 11.7 Å². The topological polar surface area (TPSA) is 78.0 Å². The van der Waals surface area contributed by atoms with E-state index in [4.69, 9.17) is 0 Å². The van der Waals surface area contributed by atoms with E-state index in [0.717, 1.165) is 18.2 Å². The van der Waals surface area contributed by atoms with E-state index in [1.165, 1.54) is 11.2 Å². The average molecular weight is 415 g/mol. The lowest BCUT2D eigenvalue weighted by Gasteiger charge is -2.35. The molecule has 2 aliphatic rings. The van der Waals surface area contributed by atoms with Gasteiger partial charge in [-0.05, 0) is 12.1 Å². The molecule has 3 rings (SSSR count). The molecule has 2 heterocycles. The molecule has 10 heteroatoms. The first kappa shape index (κ1) is 20.7. The van der Waals surface area contributed by atoms with Gasteiger partial charge >= 0.3 is 0 Å². The van der Waals surface area contributed by atoms with Crippen LogP contribution in [0.15, 0.2) is 18.2 Å². The lowest BCUT2D eigenvalue weighted by atomic mass is 10.1. The predicted molar refractivity (Wildman–Crippen MR) is 99.5 cm³/mol. The molecule has 0 spiro atoms. The van der Waals surface area contributed by atoms with E-state index in [0.29, 0.717) is 32.7 Å². The fourth-order valence-electron chi connectivity index (χ4n) is 3.56. The summed E-state index contributed by atoms with van der Waals surface area (Å²) in [6, 6.07) is 2.89. The molecule has 7 nitrogen and oxygen atoms in total. The number of rotatable bonds is 5. The molecule has 0 N–H and O–H groups in total. The number of halogens is 2. The summed E-state index contributed by atoms with van der Waals surface area (Å²) in [5, 5.41) is 0. The summed E-state index contributed by atoms with van der Waals surface area (Å²) >= 11 is 0. The molecule has 1 unspecified atom stereocenters. The number of piperazine rings is 1. The number of amides is 2. The summed E-state index contributed by atoms with van der Waals surface area (Å²) in [5.74, 6) is -2.52. The molecule has 0 bridgehead atoms. The van der Waals surface area contributed by atoms with Crippen LogP contribution in [0.25, 0.3) is 0 Å². The number of benzene rings is 1. The highest BCUT2D eigenvalue weighted by molar-refractivity contribution is 7.90. The van der Waals surface area contributed by atoms with Gasteiger partial charge in [0.1, 0.15) is 21.5 Å². The van der Waals surface area contributed by atoms with Crippen LogP contribution in [-0.4, -0.2) is 81.3 Å². The number of hydrogen-bond donors (Lipinski definition) is 0. The maximum absolute atomic E-state index is 13.4. The van der Waals surface area contributed by atoms with Crippen LogP contribution in [0.5, 0.6) is 0 Å². The largest absolute Gasteiger partial charge is 0.340 e. The number of nitrogens with zero attached hydrogens (tertiary/aromatic N) is 3. The Labute approximate surface area is 162 Å². The highest BCUT2D eigenvalue weighted by atomic mass is 32.2. The second kappa shape index (κ2) is 8.12. The molecule has 1 aromatic carbocycles. The zero-order chi connectivity index (χ0) is 20.5. The van der Waals surface area contributed by atoms with Gasteiger partial charge in [0.15, 0.2) is 0 Å². The standard InChI is InChI=1S/C18H23F2N3O4S/c1-28(26,27)7-6-21-2-4-22(5-3-21)18(25)13-8-17(24)23(12-13)16-10-14(19)9-15(20)11-16/h9-11,13H,2-8,12H2,1H3. The van der Waals surface area contributed by atoms with Crippen LogP contribution in [0.3, 0.4) is 0 Å². The highest BCUT2D eigenvalue weighted by Crippen LogP contribution is 2.28. The molecular weight excluding hydrogens is 392 g/mol. The first-order chi connectivity index (χ1) is 13.1. The Morgan fingerprint density at radius 3 is 2.29 bits per heavy atom. The van der Waals surface area contributed by atoms with Crippen molar-refractivity contribution in [1.82, 2.24) is 9.80 Å². The lowest BCUT2D eigenvalue weighted by Crippen LogP contribution is -2.51. The first-order valence-electron chi connectivity index (χ1n) is 9.08. The van der Waals surface area contributed by atoms with Gasteiger partial charge in [-0.25, -0.2) is 17.2 Å². The molecule has 0 aromatic heterocycles. The van der Waals surface area contributed by atoms with Crippen molar-refractivity contribution in [2.24, 2.45) is 5.92 Å². The minimum Gasteiger partial charge on any atom is -0.340 e. The third-order valence-electron chi connectivity index (χ3n) is 5.10. The summed E-state index contributed by atoms with van der Waals surface area (Å²) in [5.41, 5.74) is 0.114. The van der Waals surface area contributed by atoms with Crippen molar-refractivity contribution in [3.8, 4) is 0 Å². The van der Waals surface area contributed by atoms with Crippen LogP contribution in [0.4, 0.5) is 14.5 Å². The van der Waals surface area contributed by atoms with Crippen LogP contribution in [0, 0.1) is 17.6 Å². The van der Waals surface area contributed by atoms with Crippen molar-refractivity contribution in [3.63, 3.8) is 0 Å². The molecule has 154 valence electrons. The van der Waals surface area contributed by atoms with Gasteiger partial charge < -0.3 is 9.80 Å². The van der Waals surface area contributed by atoms with E-state index in [1.807, 2.05) is 4.90 Å². The van der Waals surface area contributed by atoms with Gasteiger partial charge in [0.2, 0.25) is 11.8 Å². The van der Waals surface area contributed by atoms with E-state index >= 15 is 0 Å². The highest BCUT2D eigenvalue weighted by Gasteiger charge is 2.38. The zero-order valence-electron chi connectivity index (χ0n) is 15.6. The SMILES string of the molecule is CS(=O)(=O)CCN1CCN(C(=O)C2CC(=O)N(c3cc(F)cc(F)c3)C2)CC1. The summed E-state index contributed by atoms with van der Waals surface area (Å²) in [7, 11) is -3.03. The fraction of sp³-hybridized carbons (Fsp3) is 0.556. The van der Waals surface area contributed by atoms with Crippen LogP contribution < -0.4 is 4.90 Å².